The first-order valence-corrected chi connectivity index (χ1v) is 28.6. The van der Waals surface area contributed by atoms with Crippen molar-refractivity contribution in [2.75, 3.05) is 47.5 Å². The van der Waals surface area contributed by atoms with E-state index in [0.717, 1.165) is 96.3 Å². The second-order valence-electron chi connectivity index (χ2n) is 20.2. The summed E-state index contributed by atoms with van der Waals surface area (Å²) in [5.41, 5.74) is 0. The van der Waals surface area contributed by atoms with E-state index in [1.165, 1.54) is 116 Å². The van der Waals surface area contributed by atoms with Crippen LogP contribution in [0.5, 0.6) is 0 Å². The molecule has 0 aromatic rings. The van der Waals surface area contributed by atoms with Gasteiger partial charge in [0.15, 0.2) is 6.10 Å². The molecule has 0 saturated heterocycles. The second kappa shape index (κ2) is 52.1. The molecule has 1 N–H and O–H groups in total. The zero-order valence-electron chi connectivity index (χ0n) is 45.9. The number of carbonyl (C=O) groups is 3. The van der Waals surface area contributed by atoms with Crippen molar-refractivity contribution in [2.45, 2.75) is 251 Å². The van der Waals surface area contributed by atoms with E-state index in [1.54, 1.807) is 0 Å². The van der Waals surface area contributed by atoms with Gasteiger partial charge in [0, 0.05) is 12.8 Å². The molecule has 0 aromatic heterocycles. The Morgan fingerprint density at radius 2 is 0.814 bits per heavy atom. The van der Waals surface area contributed by atoms with Crippen LogP contribution in [0.4, 0.5) is 0 Å². The third-order valence-corrected chi connectivity index (χ3v) is 12.2. The monoisotopic (exact) mass is 983 g/mol. The molecule has 70 heavy (non-hydrogen) atoms. The average Bonchev–Trinajstić information content (AvgIpc) is 3.33. The predicted molar refractivity (Wildman–Crippen MR) is 295 cm³/mol. The number of quaternary nitrogens is 1. The molecular weight excluding hydrogens is 875 g/mol. The van der Waals surface area contributed by atoms with Crippen LogP contribution in [0.15, 0.2) is 72.9 Å². The Kier molecular flexibility index (Phi) is 49.6. The lowest BCUT2D eigenvalue weighted by atomic mass is 10.0. The SMILES string of the molecule is CC/C=C\C/C=C\C/C=C\C/C=C\C/C=C\CCCCCCCCCCCCCCCCCCCCCC(=O)OC(COC(=O)CCCCCCC/C=C\CCC)COC(OCC[N+](C)(C)C)C(=O)O. The number of esters is 2. The molecule has 0 aromatic carbocycles. The molecule has 0 heterocycles. The van der Waals surface area contributed by atoms with Crippen LogP contribution in [0, 0.1) is 0 Å². The highest BCUT2D eigenvalue weighted by molar-refractivity contribution is 5.71. The van der Waals surface area contributed by atoms with Crippen molar-refractivity contribution in [3.8, 4) is 0 Å². The molecule has 0 spiro atoms. The maximum absolute atomic E-state index is 12.8. The minimum absolute atomic E-state index is 0.186. The van der Waals surface area contributed by atoms with Crippen LogP contribution in [0.3, 0.4) is 0 Å². The number of rotatable bonds is 52. The fraction of sp³-hybridized carbons (Fsp3) is 0.754. The molecule has 0 amide bonds. The molecule has 0 rings (SSSR count). The molecule has 0 radical (unpaired) electrons. The highest BCUT2D eigenvalue weighted by Gasteiger charge is 2.25. The standard InChI is InChI=1S/C61H107NO8/c1-6-8-10-12-14-16-18-19-20-21-22-23-24-25-26-27-28-29-30-31-32-33-34-35-36-37-38-39-40-41-42-44-46-48-50-52-59(64)70-57(56-69-61(60(65)66)67-54-53-62(3,4)5)55-68-58(63)51-49-47-45-43-17-15-13-11-9-7-2/h8,10-11,13-14,16,19-20,22-23,25-26,57,61H,6-7,9,12,15,17-18,21,24,27-56H2,1-5H3/p+1/b10-8-,13-11-,16-14-,20-19-,23-22-,26-25-. The van der Waals surface area contributed by atoms with E-state index >= 15 is 0 Å². The van der Waals surface area contributed by atoms with Gasteiger partial charge in [-0.1, -0.05) is 222 Å². The van der Waals surface area contributed by atoms with Gasteiger partial charge in [0.1, 0.15) is 13.2 Å². The fourth-order valence-corrected chi connectivity index (χ4v) is 7.81. The van der Waals surface area contributed by atoms with E-state index in [9.17, 15) is 19.5 Å². The van der Waals surface area contributed by atoms with Crippen molar-refractivity contribution in [1.29, 1.82) is 0 Å². The van der Waals surface area contributed by atoms with Crippen LogP contribution in [-0.2, 0) is 33.3 Å². The zero-order chi connectivity index (χ0) is 51.3. The first kappa shape index (κ1) is 66.7. The predicted octanol–water partition coefficient (Wildman–Crippen LogP) is 16.6. The van der Waals surface area contributed by atoms with E-state index in [4.69, 9.17) is 18.9 Å². The number of carbonyl (C=O) groups excluding carboxylic acids is 2. The van der Waals surface area contributed by atoms with Crippen molar-refractivity contribution < 1.29 is 42.9 Å². The molecule has 9 nitrogen and oxygen atoms in total. The summed E-state index contributed by atoms with van der Waals surface area (Å²) >= 11 is 0. The summed E-state index contributed by atoms with van der Waals surface area (Å²) in [6.45, 7) is 4.69. The van der Waals surface area contributed by atoms with Gasteiger partial charge in [-0.2, -0.15) is 0 Å². The number of likely N-dealkylation sites (N-methyl/N-ethyl adjacent to an activating group) is 1. The Morgan fingerprint density at radius 3 is 1.23 bits per heavy atom. The Morgan fingerprint density at radius 1 is 0.443 bits per heavy atom. The molecule has 0 bridgehead atoms. The maximum atomic E-state index is 12.8. The lowest BCUT2D eigenvalue weighted by molar-refractivity contribution is -0.870. The van der Waals surface area contributed by atoms with Gasteiger partial charge >= 0.3 is 17.9 Å². The number of ether oxygens (including phenoxy) is 4. The third kappa shape index (κ3) is 52.6. The summed E-state index contributed by atoms with van der Waals surface area (Å²) in [6.07, 6.45) is 64.4. The van der Waals surface area contributed by atoms with Crippen LogP contribution < -0.4 is 0 Å². The highest BCUT2D eigenvalue weighted by Crippen LogP contribution is 2.16. The zero-order valence-corrected chi connectivity index (χ0v) is 45.9. The van der Waals surface area contributed by atoms with Crippen LogP contribution >= 0.6 is 0 Å². The number of carboxylic acid groups (broad SMARTS) is 1. The number of carboxylic acids is 1. The molecule has 0 saturated carbocycles. The van der Waals surface area contributed by atoms with E-state index < -0.39 is 24.3 Å². The highest BCUT2D eigenvalue weighted by atomic mass is 16.7. The van der Waals surface area contributed by atoms with Gasteiger partial charge in [0.05, 0.1) is 34.4 Å². The van der Waals surface area contributed by atoms with Gasteiger partial charge in [-0.05, 0) is 77.0 Å². The van der Waals surface area contributed by atoms with Gasteiger partial charge in [0.2, 0.25) is 0 Å². The van der Waals surface area contributed by atoms with Crippen LogP contribution in [-0.4, -0.2) is 87.4 Å². The van der Waals surface area contributed by atoms with Crippen molar-refractivity contribution >= 4 is 17.9 Å². The third-order valence-electron chi connectivity index (χ3n) is 12.2. The molecular formula is C61H108NO8+. The normalized spacial score (nSPS) is 13.3. The molecule has 0 aliphatic carbocycles. The lowest BCUT2D eigenvalue weighted by Crippen LogP contribution is -2.40. The number of hydrogen-bond acceptors (Lipinski definition) is 7. The van der Waals surface area contributed by atoms with Crippen molar-refractivity contribution in [1.82, 2.24) is 0 Å². The van der Waals surface area contributed by atoms with Gasteiger partial charge in [-0.15, -0.1) is 0 Å². The summed E-state index contributed by atoms with van der Waals surface area (Å²) in [7, 11) is 5.96. The van der Waals surface area contributed by atoms with Crippen LogP contribution in [0.2, 0.25) is 0 Å². The lowest BCUT2D eigenvalue weighted by Gasteiger charge is -2.25. The maximum Gasteiger partial charge on any atom is 0.361 e. The second-order valence-corrected chi connectivity index (χ2v) is 20.2. The van der Waals surface area contributed by atoms with E-state index in [0.29, 0.717) is 17.4 Å². The van der Waals surface area contributed by atoms with Gasteiger partial charge in [-0.3, -0.25) is 9.59 Å². The number of unbranched alkanes of at least 4 members (excludes halogenated alkanes) is 25. The number of hydrogen-bond donors (Lipinski definition) is 1. The quantitative estimate of drug-likeness (QED) is 0.0211. The van der Waals surface area contributed by atoms with Crippen molar-refractivity contribution in [2.24, 2.45) is 0 Å². The molecule has 0 aliphatic heterocycles. The molecule has 2 unspecified atom stereocenters. The Hall–Kier alpha value is -3.27. The van der Waals surface area contributed by atoms with E-state index in [2.05, 4.69) is 86.8 Å². The summed E-state index contributed by atoms with van der Waals surface area (Å²) in [5, 5.41) is 9.66. The Balaban J connectivity index is 4.01. The molecule has 404 valence electrons. The Labute approximate surface area is 430 Å². The molecule has 0 aliphatic rings. The minimum atomic E-state index is -1.51. The smallest absolute Gasteiger partial charge is 0.361 e. The van der Waals surface area contributed by atoms with Crippen LogP contribution in [0.25, 0.3) is 0 Å². The summed E-state index contributed by atoms with van der Waals surface area (Å²) < 4.78 is 22.8. The first-order chi connectivity index (χ1) is 34.1. The molecule has 0 fully saturated rings. The first-order valence-electron chi connectivity index (χ1n) is 28.6. The molecule has 9 heteroatoms. The van der Waals surface area contributed by atoms with E-state index in [1.807, 2.05) is 21.1 Å². The van der Waals surface area contributed by atoms with Crippen LogP contribution in [0.1, 0.15) is 239 Å². The summed E-state index contributed by atoms with van der Waals surface area (Å²) in [4.78, 5) is 37.2. The van der Waals surface area contributed by atoms with Crippen molar-refractivity contribution in [3.63, 3.8) is 0 Å². The largest absolute Gasteiger partial charge is 0.477 e. The summed E-state index contributed by atoms with van der Waals surface area (Å²) in [6, 6.07) is 0. The average molecular weight is 984 g/mol. The van der Waals surface area contributed by atoms with Crippen molar-refractivity contribution in [3.05, 3.63) is 72.9 Å². The minimum Gasteiger partial charge on any atom is -0.477 e. The van der Waals surface area contributed by atoms with Gasteiger partial charge in [-0.25, -0.2) is 4.79 Å². The van der Waals surface area contributed by atoms with Gasteiger partial charge in [0.25, 0.3) is 6.29 Å². The fourth-order valence-electron chi connectivity index (χ4n) is 7.81. The number of aliphatic carboxylic acids is 1. The number of allylic oxidation sites excluding steroid dienone is 12. The van der Waals surface area contributed by atoms with Gasteiger partial charge < -0.3 is 28.5 Å². The topological polar surface area (TPSA) is 108 Å². The van der Waals surface area contributed by atoms with E-state index in [-0.39, 0.29) is 32.2 Å². The Bertz CT molecular complexity index is 1380. The summed E-state index contributed by atoms with van der Waals surface area (Å²) in [5.74, 6) is -2.02. The number of nitrogens with zero attached hydrogens (tertiary/aromatic N) is 1. The molecule has 2 atom stereocenters.